The maximum absolute atomic E-state index is 9.40. The molecular formula is C13H10Br2N2O. The number of hydrogen-bond donors (Lipinski definition) is 1. The fourth-order valence-corrected chi connectivity index (χ4v) is 2.69. The number of halogens is 2. The lowest BCUT2D eigenvalue weighted by atomic mass is 10.2. The molecule has 0 heterocycles. The zero-order chi connectivity index (χ0) is 13.1. The second kappa shape index (κ2) is 5.63. The van der Waals surface area contributed by atoms with Gasteiger partial charge in [0, 0.05) is 8.95 Å². The van der Waals surface area contributed by atoms with E-state index >= 15 is 0 Å². The predicted octanol–water partition coefficient (Wildman–Crippen LogP) is 5.64. The van der Waals surface area contributed by atoms with E-state index in [-0.39, 0.29) is 5.75 Å². The molecule has 92 valence electrons. The van der Waals surface area contributed by atoms with Gasteiger partial charge in [-0.05, 0) is 63.0 Å². The summed E-state index contributed by atoms with van der Waals surface area (Å²) in [6.45, 7) is 2.02. The summed E-state index contributed by atoms with van der Waals surface area (Å²) in [6, 6.07) is 10.9. The Hall–Kier alpha value is -1.20. The van der Waals surface area contributed by atoms with Crippen molar-refractivity contribution >= 4 is 43.2 Å². The number of aromatic hydroxyl groups is 1. The number of phenolic OH excluding ortho intramolecular Hbond substituents is 1. The van der Waals surface area contributed by atoms with Gasteiger partial charge in [-0.1, -0.05) is 17.7 Å². The highest BCUT2D eigenvalue weighted by molar-refractivity contribution is 9.11. The molecule has 0 aliphatic rings. The molecule has 0 radical (unpaired) electrons. The van der Waals surface area contributed by atoms with Crippen LogP contribution in [-0.2, 0) is 0 Å². The van der Waals surface area contributed by atoms with Gasteiger partial charge in [-0.2, -0.15) is 5.11 Å². The van der Waals surface area contributed by atoms with Crippen LogP contribution in [0.5, 0.6) is 5.75 Å². The van der Waals surface area contributed by atoms with Crippen LogP contribution in [0.4, 0.5) is 11.4 Å². The molecular weight excluding hydrogens is 360 g/mol. The molecule has 2 aromatic carbocycles. The van der Waals surface area contributed by atoms with Crippen molar-refractivity contribution in [2.75, 3.05) is 0 Å². The molecule has 0 atom stereocenters. The van der Waals surface area contributed by atoms with E-state index in [4.69, 9.17) is 0 Å². The van der Waals surface area contributed by atoms with E-state index in [1.807, 2.05) is 31.2 Å². The van der Waals surface area contributed by atoms with E-state index in [2.05, 4.69) is 42.1 Å². The van der Waals surface area contributed by atoms with Crippen molar-refractivity contribution in [3.8, 4) is 5.75 Å². The van der Waals surface area contributed by atoms with Crippen LogP contribution in [0.25, 0.3) is 0 Å². The Bertz CT molecular complexity index is 571. The van der Waals surface area contributed by atoms with Gasteiger partial charge in [0.2, 0.25) is 0 Å². The Morgan fingerprint density at radius 1 is 0.944 bits per heavy atom. The van der Waals surface area contributed by atoms with Gasteiger partial charge >= 0.3 is 0 Å². The van der Waals surface area contributed by atoms with E-state index in [1.54, 1.807) is 12.1 Å². The van der Waals surface area contributed by atoms with E-state index in [0.29, 0.717) is 14.6 Å². The normalized spacial score (nSPS) is 11.1. The summed E-state index contributed by atoms with van der Waals surface area (Å²) in [5.74, 6) is 0.169. The molecule has 1 N–H and O–H groups in total. The quantitative estimate of drug-likeness (QED) is 0.684. The molecule has 5 heteroatoms. The smallest absolute Gasteiger partial charge is 0.117 e. The molecule has 2 aromatic rings. The number of rotatable bonds is 2. The Kier molecular flexibility index (Phi) is 4.14. The second-order valence-electron chi connectivity index (χ2n) is 3.79. The Morgan fingerprint density at radius 2 is 1.50 bits per heavy atom. The van der Waals surface area contributed by atoms with Crippen LogP contribution < -0.4 is 0 Å². The van der Waals surface area contributed by atoms with Gasteiger partial charge in [-0.25, -0.2) is 0 Å². The highest BCUT2D eigenvalue weighted by Gasteiger charge is 2.06. The van der Waals surface area contributed by atoms with Gasteiger partial charge in [0.1, 0.15) is 11.4 Å². The maximum Gasteiger partial charge on any atom is 0.117 e. The summed E-state index contributed by atoms with van der Waals surface area (Å²) >= 11 is 6.68. The van der Waals surface area contributed by atoms with Crippen LogP contribution in [0, 0.1) is 6.92 Å². The number of phenols is 1. The summed E-state index contributed by atoms with van der Waals surface area (Å²) in [6.07, 6.45) is 0. The summed E-state index contributed by atoms with van der Waals surface area (Å²) in [7, 11) is 0. The van der Waals surface area contributed by atoms with E-state index < -0.39 is 0 Å². The van der Waals surface area contributed by atoms with Crippen molar-refractivity contribution in [2.45, 2.75) is 6.92 Å². The molecule has 0 aromatic heterocycles. The van der Waals surface area contributed by atoms with Crippen LogP contribution in [0.2, 0.25) is 0 Å². The minimum absolute atomic E-state index is 0.169. The van der Waals surface area contributed by atoms with Crippen molar-refractivity contribution in [1.82, 2.24) is 0 Å². The lowest BCUT2D eigenvalue weighted by Crippen LogP contribution is -1.73. The van der Waals surface area contributed by atoms with Gasteiger partial charge in [0.15, 0.2) is 0 Å². The number of benzene rings is 2. The van der Waals surface area contributed by atoms with Gasteiger partial charge < -0.3 is 5.11 Å². The summed E-state index contributed by atoms with van der Waals surface area (Å²) < 4.78 is 1.37. The molecule has 2 rings (SSSR count). The largest absolute Gasteiger partial charge is 0.508 e. The Labute approximate surface area is 122 Å². The monoisotopic (exact) mass is 368 g/mol. The second-order valence-corrected chi connectivity index (χ2v) is 5.50. The Morgan fingerprint density at radius 3 is 2.06 bits per heavy atom. The lowest BCUT2D eigenvalue weighted by molar-refractivity contribution is 0.474. The number of hydrogen-bond acceptors (Lipinski definition) is 3. The average Bonchev–Trinajstić information content (AvgIpc) is 2.30. The van der Waals surface area contributed by atoms with Crippen LogP contribution in [0.3, 0.4) is 0 Å². The molecule has 0 spiro atoms. The highest BCUT2D eigenvalue weighted by atomic mass is 79.9. The van der Waals surface area contributed by atoms with Crippen LogP contribution in [0.1, 0.15) is 5.56 Å². The minimum atomic E-state index is 0.169. The van der Waals surface area contributed by atoms with E-state index in [0.717, 1.165) is 5.69 Å². The summed E-state index contributed by atoms with van der Waals surface area (Å²) in [4.78, 5) is 0. The third-order valence-electron chi connectivity index (χ3n) is 2.30. The topological polar surface area (TPSA) is 45.0 Å². The molecule has 0 bridgehead atoms. The van der Waals surface area contributed by atoms with Crippen LogP contribution >= 0.6 is 31.9 Å². The van der Waals surface area contributed by atoms with Gasteiger partial charge in [-0.3, -0.25) is 0 Å². The van der Waals surface area contributed by atoms with E-state index in [9.17, 15) is 5.11 Å². The van der Waals surface area contributed by atoms with Crippen LogP contribution in [0.15, 0.2) is 55.6 Å². The maximum atomic E-state index is 9.40. The third-order valence-corrected chi connectivity index (χ3v) is 3.51. The highest BCUT2D eigenvalue weighted by Crippen LogP contribution is 2.37. The fraction of sp³-hybridized carbons (Fsp3) is 0.0769. The molecule has 0 saturated heterocycles. The zero-order valence-electron chi connectivity index (χ0n) is 9.56. The molecule has 0 unspecified atom stereocenters. The molecule has 0 aliphatic carbocycles. The first-order valence-electron chi connectivity index (χ1n) is 5.22. The van der Waals surface area contributed by atoms with Gasteiger partial charge in [-0.15, -0.1) is 5.11 Å². The van der Waals surface area contributed by atoms with Crippen molar-refractivity contribution in [3.05, 3.63) is 50.9 Å². The van der Waals surface area contributed by atoms with Crippen molar-refractivity contribution in [2.24, 2.45) is 10.2 Å². The van der Waals surface area contributed by atoms with E-state index in [1.165, 1.54) is 5.56 Å². The lowest BCUT2D eigenvalue weighted by Gasteiger charge is -2.02. The zero-order valence-corrected chi connectivity index (χ0v) is 12.7. The van der Waals surface area contributed by atoms with Crippen LogP contribution in [-0.4, -0.2) is 5.11 Å². The van der Waals surface area contributed by atoms with Gasteiger partial charge in [0.05, 0.1) is 5.69 Å². The average molecular weight is 370 g/mol. The predicted molar refractivity (Wildman–Crippen MR) is 78.9 cm³/mol. The van der Waals surface area contributed by atoms with Gasteiger partial charge in [0.25, 0.3) is 0 Å². The van der Waals surface area contributed by atoms with Crippen molar-refractivity contribution in [1.29, 1.82) is 0 Å². The third kappa shape index (κ3) is 3.17. The SMILES string of the molecule is Cc1ccc(N=Nc2c(Br)cc(O)cc2Br)cc1. The number of azo groups is 1. The number of nitrogens with zero attached hydrogens (tertiary/aromatic N) is 2. The summed E-state index contributed by atoms with van der Waals surface area (Å²) in [5.41, 5.74) is 2.61. The van der Waals surface area contributed by atoms with Crippen molar-refractivity contribution < 1.29 is 5.11 Å². The fourth-order valence-electron chi connectivity index (χ4n) is 1.37. The molecule has 18 heavy (non-hydrogen) atoms. The first kappa shape index (κ1) is 13.2. The minimum Gasteiger partial charge on any atom is -0.508 e. The number of aryl methyl sites for hydroxylation is 1. The molecule has 0 aliphatic heterocycles. The molecule has 0 saturated carbocycles. The molecule has 3 nitrogen and oxygen atoms in total. The summed E-state index contributed by atoms with van der Waals surface area (Å²) in [5, 5.41) is 17.7. The van der Waals surface area contributed by atoms with Crippen molar-refractivity contribution in [3.63, 3.8) is 0 Å². The standard InChI is InChI=1S/C13H10Br2N2O/c1-8-2-4-9(5-3-8)16-17-13-11(14)6-10(18)7-12(13)15/h2-7,18H,1H3. The Balaban J connectivity index is 2.31. The molecule has 0 amide bonds. The molecule has 0 fully saturated rings. The first-order chi connectivity index (χ1) is 8.56. The first-order valence-corrected chi connectivity index (χ1v) is 6.81.